The summed E-state index contributed by atoms with van der Waals surface area (Å²) < 4.78 is 1.45. The SMILES string of the molecule is Cl.NC(CCl)=[N+]1CC(=O)NC(=O)C1. The highest BCUT2D eigenvalue weighted by molar-refractivity contribution is 6.27. The van der Waals surface area contributed by atoms with Crippen molar-refractivity contribution in [1.29, 1.82) is 0 Å². The van der Waals surface area contributed by atoms with Crippen LogP contribution in [0.1, 0.15) is 0 Å². The molecule has 0 saturated carbocycles. The van der Waals surface area contributed by atoms with Gasteiger partial charge in [0.05, 0.1) is 0 Å². The van der Waals surface area contributed by atoms with Crippen LogP contribution < -0.4 is 11.1 Å². The van der Waals surface area contributed by atoms with Gasteiger partial charge in [-0.05, 0) is 0 Å². The predicted octanol–water partition coefficient (Wildman–Crippen LogP) is -1.33. The summed E-state index contributed by atoms with van der Waals surface area (Å²) in [4.78, 5) is 21.6. The summed E-state index contributed by atoms with van der Waals surface area (Å²) in [5, 5.41) is 2.16. The minimum atomic E-state index is -0.348. The smallest absolute Gasteiger partial charge is 0.268 e. The summed E-state index contributed by atoms with van der Waals surface area (Å²) in [5.74, 6) is -0.223. The fourth-order valence-electron chi connectivity index (χ4n) is 0.925. The van der Waals surface area contributed by atoms with Crippen molar-refractivity contribution in [3.05, 3.63) is 0 Å². The zero-order valence-electron chi connectivity index (χ0n) is 6.75. The van der Waals surface area contributed by atoms with Gasteiger partial charge in [0.25, 0.3) is 17.6 Å². The Bertz CT molecular complexity index is 247. The number of nitrogens with two attached hydrogens (primary N) is 1. The fourth-order valence-corrected chi connectivity index (χ4v) is 1.09. The standard InChI is InChI=1S/C6H8ClN3O2.ClH/c7-1-4(8)10-2-5(11)9-6(12)3-10;/h8H,1-3H2,(H,9,11,12);1H/p+1. The zero-order chi connectivity index (χ0) is 9.14. The molecule has 0 aliphatic carbocycles. The Labute approximate surface area is 86.3 Å². The van der Waals surface area contributed by atoms with Crippen LogP contribution in [0.2, 0.25) is 0 Å². The van der Waals surface area contributed by atoms with Gasteiger partial charge in [-0.15, -0.1) is 24.0 Å². The Kier molecular flexibility index (Phi) is 4.72. The third-order valence-electron chi connectivity index (χ3n) is 1.49. The molecule has 74 valence electrons. The lowest BCUT2D eigenvalue weighted by molar-refractivity contribution is -0.509. The molecule has 1 aliphatic heterocycles. The molecule has 3 N–H and O–H groups in total. The van der Waals surface area contributed by atoms with Gasteiger partial charge in [0, 0.05) is 0 Å². The second kappa shape index (κ2) is 5.04. The van der Waals surface area contributed by atoms with E-state index in [2.05, 4.69) is 5.32 Å². The van der Waals surface area contributed by atoms with Crippen LogP contribution in [0.25, 0.3) is 0 Å². The Balaban J connectivity index is 0.00000144. The van der Waals surface area contributed by atoms with Crippen LogP contribution in [0, 0.1) is 0 Å². The number of rotatable bonds is 1. The van der Waals surface area contributed by atoms with Crippen molar-refractivity contribution >= 4 is 41.7 Å². The third-order valence-corrected chi connectivity index (χ3v) is 1.76. The Morgan fingerprint density at radius 3 is 2.31 bits per heavy atom. The van der Waals surface area contributed by atoms with Gasteiger partial charge in [-0.1, -0.05) is 0 Å². The highest BCUT2D eigenvalue weighted by Crippen LogP contribution is 1.87. The second-order valence-electron chi connectivity index (χ2n) is 2.45. The van der Waals surface area contributed by atoms with Crippen LogP contribution in [-0.2, 0) is 9.59 Å². The first-order valence-electron chi connectivity index (χ1n) is 3.38. The van der Waals surface area contributed by atoms with Crippen molar-refractivity contribution in [2.24, 2.45) is 5.73 Å². The maximum absolute atomic E-state index is 10.8. The minimum Gasteiger partial charge on any atom is -0.290 e. The topological polar surface area (TPSA) is 75.2 Å². The fraction of sp³-hybridized carbons (Fsp3) is 0.500. The molecule has 0 atom stereocenters. The first-order chi connectivity index (χ1) is 5.63. The molecule has 0 aromatic rings. The summed E-state index contributed by atoms with van der Waals surface area (Å²) in [6.45, 7) is 0.203. The van der Waals surface area contributed by atoms with Crippen LogP contribution in [0.3, 0.4) is 0 Å². The predicted molar refractivity (Wildman–Crippen MR) is 50.3 cm³/mol. The molecular weight excluding hydrogens is 217 g/mol. The second-order valence-corrected chi connectivity index (χ2v) is 2.72. The van der Waals surface area contributed by atoms with E-state index in [1.807, 2.05) is 0 Å². The first kappa shape index (κ1) is 12.2. The molecule has 0 radical (unpaired) electrons. The molecule has 5 nitrogen and oxygen atoms in total. The molecule has 1 saturated heterocycles. The molecule has 0 aromatic heterocycles. The molecule has 1 aliphatic rings. The van der Waals surface area contributed by atoms with Crippen molar-refractivity contribution in [2.45, 2.75) is 0 Å². The molecule has 0 unspecified atom stereocenters. The number of alkyl halides is 1. The van der Waals surface area contributed by atoms with E-state index >= 15 is 0 Å². The van der Waals surface area contributed by atoms with Crippen LogP contribution in [0.15, 0.2) is 0 Å². The van der Waals surface area contributed by atoms with E-state index in [4.69, 9.17) is 17.3 Å². The van der Waals surface area contributed by atoms with Crippen molar-refractivity contribution in [2.75, 3.05) is 19.0 Å². The maximum Gasteiger partial charge on any atom is 0.268 e. The normalized spacial score (nSPS) is 16.2. The van der Waals surface area contributed by atoms with E-state index in [1.165, 1.54) is 4.58 Å². The number of piperazine rings is 1. The van der Waals surface area contributed by atoms with Gasteiger partial charge in [0.15, 0.2) is 13.1 Å². The van der Waals surface area contributed by atoms with E-state index in [0.29, 0.717) is 5.84 Å². The van der Waals surface area contributed by atoms with Gasteiger partial charge in [0.1, 0.15) is 5.88 Å². The number of hydrogen-bond acceptors (Lipinski definition) is 2. The number of nitrogens with zero attached hydrogens (tertiary/aromatic N) is 1. The van der Waals surface area contributed by atoms with Gasteiger partial charge >= 0.3 is 0 Å². The molecule has 2 amide bonds. The van der Waals surface area contributed by atoms with Crippen molar-refractivity contribution in [1.82, 2.24) is 5.32 Å². The van der Waals surface area contributed by atoms with Gasteiger partial charge in [0.2, 0.25) is 0 Å². The molecule has 13 heavy (non-hydrogen) atoms. The van der Waals surface area contributed by atoms with Crippen molar-refractivity contribution in [3.8, 4) is 0 Å². The lowest BCUT2D eigenvalue weighted by atomic mass is 10.4. The number of amidine groups is 1. The lowest BCUT2D eigenvalue weighted by Crippen LogP contribution is -2.50. The van der Waals surface area contributed by atoms with Crippen LogP contribution in [0.5, 0.6) is 0 Å². The molecule has 0 aromatic carbocycles. The lowest BCUT2D eigenvalue weighted by Gasteiger charge is -2.13. The summed E-state index contributed by atoms with van der Waals surface area (Å²) >= 11 is 5.43. The first-order valence-corrected chi connectivity index (χ1v) is 3.92. The Morgan fingerprint density at radius 1 is 1.46 bits per heavy atom. The van der Waals surface area contributed by atoms with Crippen LogP contribution in [0.4, 0.5) is 0 Å². The monoisotopic (exact) mass is 226 g/mol. The number of halogens is 2. The van der Waals surface area contributed by atoms with Crippen LogP contribution in [-0.4, -0.2) is 41.2 Å². The van der Waals surface area contributed by atoms with Gasteiger partial charge in [-0.25, -0.2) is 4.58 Å². The number of nitrogens with one attached hydrogen (secondary N) is 1. The number of carbonyl (C=O) groups excluding carboxylic acids is 2. The third kappa shape index (κ3) is 3.20. The number of hydrogen-bond donors (Lipinski definition) is 2. The van der Waals surface area contributed by atoms with E-state index in [9.17, 15) is 9.59 Å². The molecule has 1 fully saturated rings. The Hall–Kier alpha value is -0.810. The zero-order valence-corrected chi connectivity index (χ0v) is 8.32. The molecule has 0 bridgehead atoms. The van der Waals surface area contributed by atoms with E-state index in [0.717, 1.165) is 0 Å². The van der Waals surface area contributed by atoms with Gasteiger partial charge < -0.3 is 0 Å². The maximum atomic E-state index is 10.8. The Morgan fingerprint density at radius 2 is 1.92 bits per heavy atom. The largest absolute Gasteiger partial charge is 0.290 e. The van der Waals surface area contributed by atoms with Crippen molar-refractivity contribution < 1.29 is 14.2 Å². The highest BCUT2D eigenvalue weighted by Gasteiger charge is 2.23. The summed E-state index contributed by atoms with van der Waals surface area (Å²) in [6, 6.07) is 0. The highest BCUT2D eigenvalue weighted by atomic mass is 35.5. The average Bonchev–Trinajstić information content (AvgIpc) is 2.01. The molecule has 0 spiro atoms. The molecular formula is C6H10Cl2N3O2+. The molecule has 7 heteroatoms. The van der Waals surface area contributed by atoms with Crippen molar-refractivity contribution in [3.63, 3.8) is 0 Å². The summed E-state index contributed by atoms with van der Waals surface area (Å²) in [6.07, 6.45) is 0. The van der Waals surface area contributed by atoms with Crippen LogP contribution >= 0.6 is 24.0 Å². The van der Waals surface area contributed by atoms with E-state index in [1.54, 1.807) is 0 Å². The molecule has 1 heterocycles. The van der Waals surface area contributed by atoms with Gasteiger partial charge in [-0.3, -0.25) is 20.6 Å². The number of amides is 2. The van der Waals surface area contributed by atoms with E-state index < -0.39 is 0 Å². The van der Waals surface area contributed by atoms with Gasteiger partial charge in [-0.2, -0.15) is 0 Å². The number of carbonyl (C=O) groups is 2. The summed E-state index contributed by atoms with van der Waals surface area (Å²) in [5.41, 5.74) is 5.45. The van der Waals surface area contributed by atoms with E-state index in [-0.39, 0.29) is 43.2 Å². The minimum absolute atomic E-state index is 0. The molecule has 1 rings (SSSR count). The summed E-state index contributed by atoms with van der Waals surface area (Å²) in [7, 11) is 0. The quantitative estimate of drug-likeness (QED) is 0.252. The number of imide groups is 1. The average molecular weight is 227 g/mol.